The van der Waals surface area contributed by atoms with Crippen molar-refractivity contribution in [1.29, 1.82) is 0 Å². The smallest absolute Gasteiger partial charge is 0.320 e. The summed E-state index contributed by atoms with van der Waals surface area (Å²) in [5.74, 6) is 2.33. The van der Waals surface area contributed by atoms with Crippen LogP contribution in [0.3, 0.4) is 0 Å². The summed E-state index contributed by atoms with van der Waals surface area (Å²) >= 11 is 0. The highest BCUT2D eigenvalue weighted by Gasteiger charge is 2.83. The van der Waals surface area contributed by atoms with Gasteiger partial charge in [-0.3, -0.25) is 14.6 Å². The molecule has 0 aromatic rings. The van der Waals surface area contributed by atoms with E-state index >= 15 is 0 Å². The number of aliphatic hydroxyl groups is 2. The van der Waals surface area contributed by atoms with E-state index in [0.29, 0.717) is 66.8 Å². The Bertz CT molecular complexity index is 1370. The lowest BCUT2D eigenvalue weighted by Crippen LogP contribution is -2.60. The fourth-order valence-corrected chi connectivity index (χ4v) is 15.1. The zero-order valence-corrected chi connectivity index (χ0v) is 36.2. The van der Waals surface area contributed by atoms with E-state index in [9.17, 15) is 15.0 Å². The molecular formula is C45H78N2O8. The van der Waals surface area contributed by atoms with Gasteiger partial charge in [0.05, 0.1) is 43.7 Å². The summed E-state index contributed by atoms with van der Waals surface area (Å²) < 4.78 is 30.6. The second-order valence-electron chi connectivity index (χ2n) is 21.2. The predicted octanol–water partition coefficient (Wildman–Crippen LogP) is 6.15. The van der Waals surface area contributed by atoms with Crippen molar-refractivity contribution in [2.45, 2.75) is 156 Å². The van der Waals surface area contributed by atoms with Crippen LogP contribution in [-0.2, 0) is 28.5 Å². The van der Waals surface area contributed by atoms with Gasteiger partial charge in [-0.1, -0.05) is 34.6 Å². The van der Waals surface area contributed by atoms with Crippen molar-refractivity contribution in [3.05, 3.63) is 0 Å². The minimum Gasteiger partial charge on any atom is -0.465 e. The lowest BCUT2D eigenvalue weighted by atomic mass is 9.41. The summed E-state index contributed by atoms with van der Waals surface area (Å²) in [6, 6.07) is 0. The second kappa shape index (κ2) is 15.3. The van der Waals surface area contributed by atoms with E-state index in [4.69, 9.17) is 23.7 Å². The Labute approximate surface area is 333 Å². The van der Waals surface area contributed by atoms with Crippen molar-refractivity contribution >= 4 is 5.97 Å². The third kappa shape index (κ3) is 6.98. The van der Waals surface area contributed by atoms with E-state index in [0.717, 1.165) is 52.0 Å². The van der Waals surface area contributed by atoms with Crippen LogP contribution < -0.4 is 0 Å². The summed E-state index contributed by atoms with van der Waals surface area (Å²) in [6.45, 7) is 26.6. The first-order valence-corrected chi connectivity index (χ1v) is 22.3. The molecule has 10 nitrogen and oxygen atoms in total. The van der Waals surface area contributed by atoms with Gasteiger partial charge in [0.15, 0.2) is 6.29 Å². The molecule has 0 aromatic carbocycles. The first-order valence-electron chi connectivity index (χ1n) is 22.3. The van der Waals surface area contributed by atoms with Gasteiger partial charge in [0.1, 0.15) is 6.10 Å². The molecule has 0 radical (unpaired) electrons. The quantitative estimate of drug-likeness (QED) is 0.188. The molecule has 0 bridgehead atoms. The fraction of sp³-hybridized carbons (Fsp3) is 0.978. The summed E-state index contributed by atoms with van der Waals surface area (Å²) in [5, 5.41) is 23.3. The van der Waals surface area contributed by atoms with Crippen LogP contribution in [0.5, 0.6) is 0 Å². The van der Waals surface area contributed by atoms with E-state index in [-0.39, 0.29) is 46.8 Å². The zero-order valence-electron chi connectivity index (χ0n) is 36.2. The Morgan fingerprint density at radius 2 is 1.67 bits per heavy atom. The number of rotatable bonds is 15. The minimum absolute atomic E-state index is 0.0468. The van der Waals surface area contributed by atoms with Crippen LogP contribution >= 0.6 is 0 Å². The number of nitrogens with zero attached hydrogens (tertiary/aromatic N) is 2. The molecule has 5 saturated carbocycles. The van der Waals surface area contributed by atoms with Crippen molar-refractivity contribution in [3.8, 4) is 0 Å². The van der Waals surface area contributed by atoms with Crippen LogP contribution in [0.15, 0.2) is 0 Å². The number of hydrogen-bond donors (Lipinski definition) is 2. The predicted molar refractivity (Wildman–Crippen MR) is 212 cm³/mol. The standard InChI is InChI=1S/C45H78N2O8/c1-11-52-37(49)26-47-24-30(25-47)23-46-19-20-54-38(27-46)55-36-15-16-44-28-45(44)18-17-42(8)31(29(3)21-32(51-10)39(53-12-2)41(6,7)50)22-35(48)43(42,9)34(45)14-13-33(44)40(36,4)5/h29-36,38-39,48,50H,11-28H2,1-10H3/t29-,31-,32?,33+,34?,35+,36+,38+,39+,42-,43-,44-,45?/m1/s1. The molecule has 2 aliphatic heterocycles. The summed E-state index contributed by atoms with van der Waals surface area (Å²) in [4.78, 5) is 16.6. The molecule has 2 heterocycles. The fourth-order valence-electron chi connectivity index (χ4n) is 15.1. The maximum atomic E-state index is 12.3. The molecule has 7 rings (SSSR count). The summed E-state index contributed by atoms with van der Waals surface area (Å²) in [5.41, 5.74) is -0.349. The van der Waals surface area contributed by atoms with E-state index in [1.54, 1.807) is 7.11 Å². The van der Waals surface area contributed by atoms with Crippen LogP contribution in [0.2, 0.25) is 0 Å². The molecule has 3 unspecified atom stereocenters. The van der Waals surface area contributed by atoms with E-state index in [1.165, 1.54) is 38.5 Å². The molecule has 13 atom stereocenters. The van der Waals surface area contributed by atoms with Gasteiger partial charge in [-0.2, -0.15) is 0 Å². The van der Waals surface area contributed by atoms with Crippen LogP contribution in [0.4, 0.5) is 0 Å². The Hall–Kier alpha value is -0.850. The molecule has 5 aliphatic carbocycles. The van der Waals surface area contributed by atoms with Gasteiger partial charge in [0.25, 0.3) is 0 Å². The number of methoxy groups -OCH3 is 1. The molecule has 55 heavy (non-hydrogen) atoms. The maximum absolute atomic E-state index is 12.3. The van der Waals surface area contributed by atoms with Crippen LogP contribution in [0.1, 0.15) is 120 Å². The number of morpholine rings is 1. The molecule has 316 valence electrons. The molecule has 10 heteroatoms. The number of aliphatic hydroxyl groups excluding tert-OH is 1. The Morgan fingerprint density at radius 3 is 2.35 bits per heavy atom. The highest BCUT2D eigenvalue weighted by molar-refractivity contribution is 5.71. The number of fused-ring (bicyclic) bond motifs is 2. The molecule has 0 aromatic heterocycles. The lowest BCUT2D eigenvalue weighted by molar-refractivity contribution is -0.249. The number of esters is 1. The topological polar surface area (TPSA) is 110 Å². The lowest BCUT2D eigenvalue weighted by Gasteiger charge is -2.64. The van der Waals surface area contributed by atoms with E-state index in [2.05, 4.69) is 44.4 Å². The van der Waals surface area contributed by atoms with Gasteiger partial charge in [-0.05, 0) is 137 Å². The van der Waals surface area contributed by atoms with Crippen molar-refractivity contribution in [1.82, 2.24) is 9.80 Å². The van der Waals surface area contributed by atoms with Gasteiger partial charge < -0.3 is 33.9 Å². The second-order valence-corrected chi connectivity index (χ2v) is 21.2. The first-order chi connectivity index (χ1) is 25.9. The minimum atomic E-state index is -1.01. The van der Waals surface area contributed by atoms with E-state index in [1.807, 2.05) is 27.7 Å². The Kier molecular flexibility index (Phi) is 11.8. The first kappa shape index (κ1) is 42.3. The number of carbonyl (C=O) groups is 1. The number of likely N-dealkylation sites (tertiary alicyclic amines) is 1. The molecular weight excluding hydrogens is 697 g/mol. The highest BCUT2D eigenvalue weighted by atomic mass is 16.7. The van der Waals surface area contributed by atoms with Gasteiger partial charge in [0.2, 0.25) is 0 Å². The monoisotopic (exact) mass is 775 g/mol. The number of ether oxygens (including phenoxy) is 5. The number of hydrogen-bond acceptors (Lipinski definition) is 10. The molecule has 2 spiro atoms. The third-order valence-corrected chi connectivity index (χ3v) is 17.8. The van der Waals surface area contributed by atoms with Gasteiger partial charge in [-0.15, -0.1) is 0 Å². The highest BCUT2D eigenvalue weighted by Crippen LogP contribution is 2.89. The molecule has 2 N–H and O–H groups in total. The van der Waals surface area contributed by atoms with Crippen molar-refractivity contribution in [3.63, 3.8) is 0 Å². The van der Waals surface area contributed by atoms with Gasteiger partial charge in [-0.25, -0.2) is 0 Å². The average Bonchev–Trinajstić information content (AvgIpc) is 3.72. The van der Waals surface area contributed by atoms with Crippen molar-refractivity contribution in [2.24, 2.45) is 56.7 Å². The largest absolute Gasteiger partial charge is 0.465 e. The SMILES string of the molecule is CCOC(=O)CN1CC(CN2CCO[C@@H](O[C@H]3CC[C@]45CC46CC[C@]4(C)[C@@H]([C@H](C)CC(OC)[C@H](OCC)C(C)(C)O)C[C@H](O)[C@@]4(C)C6CC[C@H]5C3(C)C)C2)C1. The molecule has 0 amide bonds. The zero-order chi connectivity index (χ0) is 39.8. The third-order valence-electron chi connectivity index (χ3n) is 17.8. The van der Waals surface area contributed by atoms with Crippen LogP contribution in [-0.4, -0.2) is 128 Å². The van der Waals surface area contributed by atoms with Crippen LogP contribution in [0.25, 0.3) is 0 Å². The van der Waals surface area contributed by atoms with E-state index < -0.39 is 11.7 Å². The normalized spacial score (nSPS) is 43.3. The molecule has 2 saturated heterocycles. The molecule has 7 aliphatic rings. The maximum Gasteiger partial charge on any atom is 0.320 e. The number of carbonyl (C=O) groups excluding carboxylic acids is 1. The van der Waals surface area contributed by atoms with Crippen LogP contribution in [0, 0.1) is 56.7 Å². The van der Waals surface area contributed by atoms with Gasteiger partial charge in [0, 0.05) is 51.9 Å². The Morgan fingerprint density at radius 1 is 0.964 bits per heavy atom. The summed E-state index contributed by atoms with van der Waals surface area (Å²) in [7, 11) is 1.75. The molecule has 7 fully saturated rings. The van der Waals surface area contributed by atoms with Gasteiger partial charge >= 0.3 is 5.97 Å². The average molecular weight is 775 g/mol. The van der Waals surface area contributed by atoms with Crippen molar-refractivity contribution < 1.29 is 38.7 Å². The Balaban J connectivity index is 0.988. The van der Waals surface area contributed by atoms with Crippen molar-refractivity contribution in [2.75, 3.05) is 66.2 Å². The summed E-state index contributed by atoms with van der Waals surface area (Å²) in [6.07, 6.45) is 9.21.